The summed E-state index contributed by atoms with van der Waals surface area (Å²) in [5, 5.41) is 0. The Morgan fingerprint density at radius 1 is 1.37 bits per heavy atom. The number of esters is 1. The first kappa shape index (κ1) is 14.3. The van der Waals surface area contributed by atoms with Crippen molar-refractivity contribution in [2.24, 2.45) is 5.41 Å². The van der Waals surface area contributed by atoms with E-state index in [9.17, 15) is 9.59 Å². The molecule has 1 heterocycles. The third kappa shape index (κ3) is 2.61. The van der Waals surface area contributed by atoms with E-state index in [0.717, 1.165) is 32.1 Å². The Hall–Kier alpha value is -1.10. The van der Waals surface area contributed by atoms with Gasteiger partial charge in [-0.05, 0) is 19.3 Å². The molecule has 19 heavy (non-hydrogen) atoms. The normalized spacial score (nSPS) is 26.2. The van der Waals surface area contributed by atoms with Gasteiger partial charge in [0.1, 0.15) is 0 Å². The Kier molecular flexibility index (Phi) is 4.45. The molecule has 1 unspecified atom stereocenters. The number of ether oxygens (including phenoxy) is 2. The number of hydrogen-bond donors (Lipinski definition) is 0. The van der Waals surface area contributed by atoms with Crippen LogP contribution in [0.5, 0.6) is 0 Å². The van der Waals surface area contributed by atoms with Crippen LogP contribution in [0.3, 0.4) is 0 Å². The Balaban J connectivity index is 2.17. The quantitative estimate of drug-likeness (QED) is 0.726. The first-order valence-electron chi connectivity index (χ1n) is 7.11. The van der Waals surface area contributed by atoms with Crippen LogP contribution in [0, 0.1) is 5.41 Å². The van der Waals surface area contributed by atoms with E-state index in [1.54, 1.807) is 4.90 Å². The fraction of sp³-hybridized carbons (Fsp3) is 0.857. The molecule has 2 aliphatic rings. The Labute approximate surface area is 114 Å². The van der Waals surface area contributed by atoms with Gasteiger partial charge in [-0.2, -0.15) is 0 Å². The molecule has 5 nitrogen and oxygen atoms in total. The highest BCUT2D eigenvalue weighted by Gasteiger charge is 2.45. The van der Waals surface area contributed by atoms with Crippen molar-refractivity contribution >= 4 is 11.9 Å². The molecule has 1 aliphatic heterocycles. The number of rotatable bonds is 3. The van der Waals surface area contributed by atoms with E-state index in [-0.39, 0.29) is 23.9 Å². The summed E-state index contributed by atoms with van der Waals surface area (Å²) in [7, 11) is 1.35. The summed E-state index contributed by atoms with van der Waals surface area (Å²) in [6.45, 7) is 3.30. The zero-order valence-corrected chi connectivity index (χ0v) is 11.8. The van der Waals surface area contributed by atoms with Crippen LogP contribution < -0.4 is 0 Å². The average molecular weight is 269 g/mol. The molecule has 0 aromatic heterocycles. The summed E-state index contributed by atoms with van der Waals surface area (Å²) >= 11 is 0. The highest BCUT2D eigenvalue weighted by Crippen LogP contribution is 2.43. The fourth-order valence-electron chi connectivity index (χ4n) is 3.25. The van der Waals surface area contributed by atoms with Crippen LogP contribution in [0.25, 0.3) is 0 Å². The van der Waals surface area contributed by atoms with Crippen LogP contribution >= 0.6 is 0 Å². The molecule has 5 heteroatoms. The molecule has 108 valence electrons. The molecular weight excluding hydrogens is 246 g/mol. The van der Waals surface area contributed by atoms with Crippen LogP contribution in [-0.4, -0.2) is 49.7 Å². The number of methoxy groups -OCH3 is 1. The molecule has 2 fully saturated rings. The van der Waals surface area contributed by atoms with Crippen molar-refractivity contribution in [3.8, 4) is 0 Å². The van der Waals surface area contributed by atoms with Crippen molar-refractivity contribution in [2.75, 3.05) is 26.9 Å². The number of carbonyl (C=O) groups is 2. The SMILES string of the molecule is CCC1(C(=O)N2CCOCC2C(=O)OC)CCCC1. The summed E-state index contributed by atoms with van der Waals surface area (Å²) in [6, 6.07) is -0.574. The van der Waals surface area contributed by atoms with E-state index >= 15 is 0 Å². The fourth-order valence-corrected chi connectivity index (χ4v) is 3.25. The third-order valence-corrected chi connectivity index (χ3v) is 4.55. The lowest BCUT2D eigenvalue weighted by atomic mass is 9.81. The highest BCUT2D eigenvalue weighted by molar-refractivity contribution is 5.88. The largest absolute Gasteiger partial charge is 0.467 e. The van der Waals surface area contributed by atoms with E-state index in [2.05, 4.69) is 6.92 Å². The molecule has 0 N–H and O–H groups in total. The Bertz CT molecular complexity index is 349. The molecule has 1 amide bonds. The van der Waals surface area contributed by atoms with Crippen LogP contribution in [0.15, 0.2) is 0 Å². The molecule has 0 aromatic rings. The number of amides is 1. The molecule has 1 saturated carbocycles. The standard InChI is InChI=1S/C14H23NO4/c1-3-14(6-4-5-7-14)13(17)15-8-9-19-10-11(15)12(16)18-2/h11H,3-10H2,1-2H3. The second-order valence-electron chi connectivity index (χ2n) is 5.45. The monoisotopic (exact) mass is 269 g/mol. The van der Waals surface area contributed by atoms with E-state index in [0.29, 0.717) is 13.2 Å². The summed E-state index contributed by atoms with van der Waals surface area (Å²) in [5.41, 5.74) is -0.260. The predicted molar refractivity (Wildman–Crippen MR) is 69.5 cm³/mol. The maximum atomic E-state index is 12.8. The van der Waals surface area contributed by atoms with Gasteiger partial charge in [0.05, 0.1) is 20.3 Å². The zero-order valence-electron chi connectivity index (χ0n) is 11.8. The summed E-state index contributed by atoms with van der Waals surface area (Å²) in [5.74, 6) is -0.261. The lowest BCUT2D eigenvalue weighted by Crippen LogP contribution is -2.56. The van der Waals surface area contributed by atoms with Gasteiger partial charge in [-0.15, -0.1) is 0 Å². The number of hydrogen-bond acceptors (Lipinski definition) is 4. The van der Waals surface area contributed by atoms with Crippen LogP contribution in [0.2, 0.25) is 0 Å². The maximum Gasteiger partial charge on any atom is 0.331 e. The van der Waals surface area contributed by atoms with Gasteiger partial charge >= 0.3 is 5.97 Å². The van der Waals surface area contributed by atoms with Crippen molar-refractivity contribution in [2.45, 2.75) is 45.1 Å². The minimum absolute atomic E-state index is 0.117. The van der Waals surface area contributed by atoms with E-state index < -0.39 is 6.04 Å². The molecular formula is C14H23NO4. The molecule has 2 rings (SSSR count). The van der Waals surface area contributed by atoms with E-state index in [1.807, 2.05) is 0 Å². The predicted octanol–water partition coefficient (Wildman–Crippen LogP) is 1.36. The molecule has 0 bridgehead atoms. The lowest BCUT2D eigenvalue weighted by Gasteiger charge is -2.39. The first-order chi connectivity index (χ1) is 9.14. The van der Waals surface area contributed by atoms with Gasteiger partial charge in [-0.25, -0.2) is 4.79 Å². The lowest BCUT2D eigenvalue weighted by molar-refractivity contribution is -0.165. The molecule has 1 atom stereocenters. The summed E-state index contributed by atoms with van der Waals surface area (Å²) in [4.78, 5) is 26.3. The van der Waals surface area contributed by atoms with Crippen LogP contribution in [0.1, 0.15) is 39.0 Å². The van der Waals surface area contributed by atoms with Crippen molar-refractivity contribution < 1.29 is 19.1 Å². The van der Waals surface area contributed by atoms with Crippen LogP contribution in [-0.2, 0) is 19.1 Å². The molecule has 1 aliphatic carbocycles. The van der Waals surface area contributed by atoms with Gasteiger partial charge in [0, 0.05) is 12.0 Å². The van der Waals surface area contributed by atoms with E-state index in [1.165, 1.54) is 7.11 Å². The minimum Gasteiger partial charge on any atom is -0.467 e. The average Bonchev–Trinajstić information content (AvgIpc) is 2.95. The van der Waals surface area contributed by atoms with Crippen LogP contribution in [0.4, 0.5) is 0 Å². The number of morpholine rings is 1. The number of nitrogens with zero attached hydrogens (tertiary/aromatic N) is 1. The molecule has 1 saturated heterocycles. The van der Waals surface area contributed by atoms with Crippen molar-refractivity contribution in [1.29, 1.82) is 0 Å². The third-order valence-electron chi connectivity index (χ3n) is 4.55. The molecule has 0 aromatic carbocycles. The Morgan fingerprint density at radius 2 is 2.05 bits per heavy atom. The van der Waals surface area contributed by atoms with Gasteiger partial charge in [0.15, 0.2) is 6.04 Å². The maximum absolute atomic E-state index is 12.8. The molecule has 0 radical (unpaired) electrons. The topological polar surface area (TPSA) is 55.8 Å². The first-order valence-corrected chi connectivity index (χ1v) is 7.11. The summed E-state index contributed by atoms with van der Waals surface area (Å²) < 4.78 is 10.1. The van der Waals surface area contributed by atoms with Crippen molar-refractivity contribution in [3.05, 3.63) is 0 Å². The second-order valence-corrected chi connectivity index (χ2v) is 5.45. The number of carbonyl (C=O) groups excluding carboxylic acids is 2. The minimum atomic E-state index is -0.574. The molecule has 0 spiro atoms. The van der Waals surface area contributed by atoms with Gasteiger partial charge < -0.3 is 14.4 Å². The highest BCUT2D eigenvalue weighted by atomic mass is 16.5. The smallest absolute Gasteiger partial charge is 0.331 e. The van der Waals surface area contributed by atoms with Gasteiger partial charge in [-0.1, -0.05) is 19.8 Å². The second kappa shape index (κ2) is 5.90. The van der Waals surface area contributed by atoms with Gasteiger partial charge in [-0.3, -0.25) is 4.79 Å². The van der Waals surface area contributed by atoms with Crippen molar-refractivity contribution in [3.63, 3.8) is 0 Å². The zero-order chi connectivity index (χ0) is 13.9. The van der Waals surface area contributed by atoms with E-state index in [4.69, 9.17) is 9.47 Å². The Morgan fingerprint density at radius 3 is 2.63 bits per heavy atom. The van der Waals surface area contributed by atoms with Gasteiger partial charge in [0.2, 0.25) is 5.91 Å². The van der Waals surface area contributed by atoms with Crippen molar-refractivity contribution in [1.82, 2.24) is 4.90 Å². The summed E-state index contributed by atoms with van der Waals surface area (Å²) in [6.07, 6.45) is 4.93. The van der Waals surface area contributed by atoms with Gasteiger partial charge in [0.25, 0.3) is 0 Å².